The Morgan fingerprint density at radius 1 is 0.854 bits per heavy atom. The highest BCUT2D eigenvalue weighted by molar-refractivity contribution is 7.99. The Balaban J connectivity index is 1.42. The van der Waals surface area contributed by atoms with Crippen molar-refractivity contribution in [3.63, 3.8) is 0 Å². The highest BCUT2D eigenvalue weighted by Gasteiger charge is 2.32. The van der Waals surface area contributed by atoms with Crippen molar-refractivity contribution in [2.75, 3.05) is 11.1 Å². The van der Waals surface area contributed by atoms with Gasteiger partial charge >= 0.3 is 5.97 Å². The molecule has 0 aromatic heterocycles. The predicted molar refractivity (Wildman–Crippen MR) is 151 cm³/mol. The number of rotatable bonds is 12. The number of carbonyl (C=O) groups is 3. The van der Waals surface area contributed by atoms with Gasteiger partial charge in [-0.05, 0) is 53.9 Å². The average Bonchev–Trinajstić information content (AvgIpc) is 3.00. The summed E-state index contributed by atoms with van der Waals surface area (Å²) in [5.41, 5.74) is 4.92. The second-order valence-electron chi connectivity index (χ2n) is 9.55. The molecule has 3 atom stereocenters. The number of hydrogen-bond donors (Lipinski definition) is 5. The summed E-state index contributed by atoms with van der Waals surface area (Å²) >= 11 is 1.57. The van der Waals surface area contributed by atoms with Gasteiger partial charge in [-0.15, -0.1) is 11.8 Å². The zero-order valence-corrected chi connectivity index (χ0v) is 23.0. The number of ether oxygens (including phenoxy) is 2. The van der Waals surface area contributed by atoms with E-state index < -0.39 is 18.2 Å². The third-order valence-corrected chi connectivity index (χ3v) is 7.70. The standard InChI is InChI=1S/C30H32N2O8S/c33-17-19-4-6-20(7-5-19)26-16-24(18-41-25-14-10-21(11-15-25)29(36)37)39-30(40-26)22-8-12-23(13-9-22)31-27(34)2-1-3-28(35)32-38/h4-15,24,26,30,33,38H,1-3,16-18H2,(H,31,34)(H,32,35)(H,36,37). The topological polar surface area (TPSA) is 154 Å². The Morgan fingerprint density at radius 2 is 1.51 bits per heavy atom. The zero-order chi connectivity index (χ0) is 29.2. The van der Waals surface area contributed by atoms with Crippen LogP contribution in [0.1, 0.15) is 65.1 Å². The fourth-order valence-corrected chi connectivity index (χ4v) is 5.24. The van der Waals surface area contributed by atoms with E-state index in [2.05, 4.69) is 5.32 Å². The van der Waals surface area contributed by atoms with Gasteiger partial charge in [-0.2, -0.15) is 0 Å². The molecule has 0 radical (unpaired) electrons. The first-order valence-electron chi connectivity index (χ1n) is 13.1. The Labute approximate surface area is 241 Å². The average molecular weight is 581 g/mol. The third kappa shape index (κ3) is 8.87. The molecule has 10 nitrogen and oxygen atoms in total. The first kappa shape index (κ1) is 30.2. The van der Waals surface area contributed by atoms with Crippen LogP contribution in [0.5, 0.6) is 0 Å². The van der Waals surface area contributed by atoms with Crippen LogP contribution in [-0.2, 0) is 25.7 Å². The number of carboxylic acids is 1. The summed E-state index contributed by atoms with van der Waals surface area (Å²) in [4.78, 5) is 35.4. The van der Waals surface area contributed by atoms with Crippen LogP contribution in [0.25, 0.3) is 0 Å². The van der Waals surface area contributed by atoms with Crippen molar-refractivity contribution in [2.24, 2.45) is 0 Å². The van der Waals surface area contributed by atoms with E-state index in [0.717, 1.165) is 21.6 Å². The van der Waals surface area contributed by atoms with Crippen LogP contribution < -0.4 is 10.8 Å². The fourth-order valence-electron chi connectivity index (χ4n) is 4.32. The van der Waals surface area contributed by atoms with Gasteiger partial charge in [0.2, 0.25) is 11.8 Å². The molecule has 5 N–H and O–H groups in total. The molecule has 1 saturated heterocycles. The van der Waals surface area contributed by atoms with Crippen LogP contribution >= 0.6 is 11.8 Å². The summed E-state index contributed by atoms with van der Waals surface area (Å²) in [5.74, 6) is -1.12. The molecule has 11 heteroatoms. The van der Waals surface area contributed by atoms with Gasteiger partial charge in [-0.3, -0.25) is 14.8 Å². The molecule has 41 heavy (non-hydrogen) atoms. The van der Waals surface area contributed by atoms with Gasteiger partial charge in [0, 0.05) is 41.2 Å². The monoisotopic (exact) mass is 580 g/mol. The summed E-state index contributed by atoms with van der Waals surface area (Å²) in [6.07, 6.45) is 0.0255. The minimum Gasteiger partial charge on any atom is -0.478 e. The molecule has 3 aromatic rings. The van der Waals surface area contributed by atoms with Gasteiger partial charge in [-0.1, -0.05) is 36.4 Å². The van der Waals surface area contributed by atoms with E-state index in [1.54, 1.807) is 53.6 Å². The predicted octanol–water partition coefficient (Wildman–Crippen LogP) is 4.83. The van der Waals surface area contributed by atoms with Gasteiger partial charge in [0.1, 0.15) is 0 Å². The normalized spacial score (nSPS) is 18.4. The number of carboxylic acid groups (broad SMARTS) is 1. The number of aliphatic hydroxyl groups excluding tert-OH is 1. The number of carbonyl (C=O) groups excluding carboxylic acids is 2. The summed E-state index contributed by atoms with van der Waals surface area (Å²) in [7, 11) is 0. The molecule has 1 heterocycles. The largest absolute Gasteiger partial charge is 0.478 e. The lowest BCUT2D eigenvalue weighted by Gasteiger charge is -2.36. The Bertz CT molecular complexity index is 1320. The third-order valence-electron chi connectivity index (χ3n) is 6.55. The van der Waals surface area contributed by atoms with Crippen molar-refractivity contribution in [2.45, 2.75) is 55.7 Å². The molecular formula is C30H32N2O8S. The lowest BCUT2D eigenvalue weighted by Crippen LogP contribution is -2.31. The van der Waals surface area contributed by atoms with E-state index in [-0.39, 0.29) is 43.1 Å². The van der Waals surface area contributed by atoms with Gasteiger partial charge in [0.05, 0.1) is 24.4 Å². The van der Waals surface area contributed by atoms with Crippen molar-refractivity contribution >= 4 is 35.2 Å². The number of thioether (sulfide) groups is 1. The number of aromatic carboxylic acids is 1. The fraction of sp³-hybridized carbons (Fsp3) is 0.300. The van der Waals surface area contributed by atoms with Crippen LogP contribution in [-0.4, -0.2) is 45.1 Å². The number of aliphatic hydroxyl groups is 1. The van der Waals surface area contributed by atoms with Crippen molar-refractivity contribution in [1.29, 1.82) is 0 Å². The Hall–Kier alpha value is -3.74. The zero-order valence-electron chi connectivity index (χ0n) is 22.2. The second-order valence-corrected chi connectivity index (χ2v) is 10.6. The molecule has 3 unspecified atom stereocenters. The molecule has 0 bridgehead atoms. The summed E-state index contributed by atoms with van der Waals surface area (Å²) in [6.45, 7) is -0.0433. The van der Waals surface area contributed by atoms with Crippen molar-refractivity contribution in [1.82, 2.24) is 5.48 Å². The minimum absolute atomic E-state index is 0.0433. The molecule has 3 aromatic carbocycles. The van der Waals surface area contributed by atoms with Gasteiger partial charge < -0.3 is 25.0 Å². The molecule has 4 rings (SSSR count). The van der Waals surface area contributed by atoms with Crippen molar-refractivity contribution in [3.8, 4) is 0 Å². The van der Waals surface area contributed by atoms with Crippen LogP contribution in [0.4, 0.5) is 5.69 Å². The first-order chi connectivity index (χ1) is 19.8. The summed E-state index contributed by atoms with van der Waals surface area (Å²) in [5, 5.41) is 29.9. The number of benzene rings is 3. The quantitative estimate of drug-likeness (QED) is 0.115. The number of anilines is 1. The molecule has 0 saturated carbocycles. The Kier molecular flexibility index (Phi) is 10.9. The highest BCUT2D eigenvalue weighted by atomic mass is 32.2. The number of amides is 2. The van der Waals surface area contributed by atoms with Crippen LogP contribution in [0.3, 0.4) is 0 Å². The summed E-state index contributed by atoms with van der Waals surface area (Å²) < 4.78 is 12.7. The Morgan fingerprint density at radius 3 is 2.15 bits per heavy atom. The van der Waals surface area contributed by atoms with Gasteiger partial charge in [0.15, 0.2) is 6.29 Å². The van der Waals surface area contributed by atoms with Crippen LogP contribution in [0, 0.1) is 0 Å². The van der Waals surface area contributed by atoms with Crippen molar-refractivity contribution in [3.05, 3.63) is 95.1 Å². The van der Waals surface area contributed by atoms with Crippen LogP contribution in [0.2, 0.25) is 0 Å². The summed E-state index contributed by atoms with van der Waals surface area (Å²) in [6, 6.07) is 21.5. The maximum atomic E-state index is 12.2. The molecule has 0 aliphatic carbocycles. The SMILES string of the molecule is O=C(CCCC(=O)Nc1ccc(C2OC(CSc3ccc(C(=O)O)cc3)CC(c3ccc(CO)cc3)O2)cc1)NO. The molecule has 2 amide bonds. The number of hydroxylamine groups is 1. The molecule has 216 valence electrons. The van der Waals surface area contributed by atoms with Gasteiger partial charge in [0.25, 0.3) is 0 Å². The van der Waals surface area contributed by atoms with E-state index in [0.29, 0.717) is 24.3 Å². The lowest BCUT2D eigenvalue weighted by atomic mass is 10.0. The molecule has 1 fully saturated rings. The number of nitrogens with one attached hydrogen (secondary N) is 2. The molecule has 1 aliphatic rings. The van der Waals surface area contributed by atoms with Crippen molar-refractivity contribution < 1.29 is 39.3 Å². The lowest BCUT2D eigenvalue weighted by molar-refractivity contribution is -0.245. The molecule has 1 aliphatic heterocycles. The highest BCUT2D eigenvalue weighted by Crippen LogP contribution is 2.39. The molecule has 0 spiro atoms. The smallest absolute Gasteiger partial charge is 0.335 e. The minimum atomic E-state index is -0.968. The van der Waals surface area contributed by atoms with E-state index in [9.17, 15) is 19.5 Å². The maximum absolute atomic E-state index is 12.2. The first-order valence-corrected chi connectivity index (χ1v) is 14.1. The van der Waals surface area contributed by atoms with Gasteiger partial charge in [-0.25, -0.2) is 10.3 Å². The van der Waals surface area contributed by atoms with Crippen LogP contribution in [0.15, 0.2) is 77.7 Å². The second kappa shape index (κ2) is 14.8. The van der Waals surface area contributed by atoms with E-state index in [4.69, 9.17) is 19.8 Å². The molecular weight excluding hydrogens is 548 g/mol. The number of hydrogen-bond acceptors (Lipinski definition) is 8. The van der Waals surface area contributed by atoms with E-state index in [1.165, 1.54) is 0 Å². The maximum Gasteiger partial charge on any atom is 0.335 e. The van der Waals surface area contributed by atoms with E-state index in [1.807, 2.05) is 36.4 Å². The van der Waals surface area contributed by atoms with E-state index >= 15 is 0 Å².